The predicted octanol–water partition coefficient (Wildman–Crippen LogP) is 1.76. The highest BCUT2D eigenvalue weighted by molar-refractivity contribution is 5.26. The summed E-state index contributed by atoms with van der Waals surface area (Å²) in [6.45, 7) is 5.77. The Balaban J connectivity index is 2.12. The molecule has 1 aromatic rings. The molecule has 1 N–H and O–H groups in total. The Hall–Kier alpha value is -0.900. The fraction of sp³-hybridized carbons (Fsp3) is 0.647. The molecular formula is C17H29N3. The average Bonchev–Trinajstić information content (AvgIpc) is 2.60. The third-order valence-electron chi connectivity index (χ3n) is 4.65. The molecule has 0 radical (unpaired) electrons. The molecule has 20 heavy (non-hydrogen) atoms. The number of nitrogens with one attached hydrogen (secondary N) is 1. The second-order valence-corrected chi connectivity index (χ2v) is 6.19. The van der Waals surface area contributed by atoms with Gasteiger partial charge >= 0.3 is 0 Å². The van der Waals surface area contributed by atoms with Crippen molar-refractivity contribution in [3.05, 3.63) is 35.4 Å². The van der Waals surface area contributed by atoms with Crippen molar-refractivity contribution >= 4 is 0 Å². The average molecular weight is 275 g/mol. The van der Waals surface area contributed by atoms with Crippen molar-refractivity contribution in [2.75, 3.05) is 40.8 Å². The largest absolute Gasteiger partial charge is 0.315 e. The second-order valence-electron chi connectivity index (χ2n) is 6.19. The van der Waals surface area contributed by atoms with Gasteiger partial charge in [0.2, 0.25) is 0 Å². The molecule has 3 heteroatoms. The summed E-state index contributed by atoms with van der Waals surface area (Å²) in [7, 11) is 6.61. The Labute approximate surface area is 124 Å². The summed E-state index contributed by atoms with van der Waals surface area (Å²) in [5.74, 6) is 0. The summed E-state index contributed by atoms with van der Waals surface area (Å²) >= 11 is 0. The Bertz CT molecular complexity index is 418. The van der Waals surface area contributed by atoms with Gasteiger partial charge in [0.1, 0.15) is 0 Å². The van der Waals surface area contributed by atoms with Crippen LogP contribution in [-0.2, 0) is 6.42 Å². The first kappa shape index (κ1) is 15.5. The van der Waals surface area contributed by atoms with E-state index >= 15 is 0 Å². The van der Waals surface area contributed by atoms with Gasteiger partial charge in [-0.1, -0.05) is 24.3 Å². The van der Waals surface area contributed by atoms with Crippen molar-refractivity contribution in [1.82, 2.24) is 15.1 Å². The Morgan fingerprint density at radius 1 is 1.25 bits per heavy atom. The molecule has 1 heterocycles. The maximum absolute atomic E-state index is 3.56. The molecule has 2 atom stereocenters. The first-order chi connectivity index (χ1) is 9.61. The number of hydrogen-bond donors (Lipinski definition) is 1. The number of hydrogen-bond acceptors (Lipinski definition) is 3. The van der Waals surface area contributed by atoms with Crippen LogP contribution >= 0.6 is 0 Å². The molecular weight excluding hydrogens is 246 g/mol. The van der Waals surface area contributed by atoms with Gasteiger partial charge in [0.05, 0.1) is 0 Å². The van der Waals surface area contributed by atoms with Gasteiger partial charge in [0.25, 0.3) is 0 Å². The summed E-state index contributed by atoms with van der Waals surface area (Å²) in [6, 6.07) is 9.83. The molecule has 1 fully saturated rings. The van der Waals surface area contributed by atoms with E-state index in [1.165, 1.54) is 30.6 Å². The highest BCUT2D eigenvalue weighted by Gasteiger charge is 2.27. The number of rotatable bonds is 4. The van der Waals surface area contributed by atoms with E-state index in [4.69, 9.17) is 0 Å². The summed E-state index contributed by atoms with van der Waals surface area (Å²) in [5.41, 5.74) is 2.87. The van der Waals surface area contributed by atoms with Crippen LogP contribution < -0.4 is 5.32 Å². The van der Waals surface area contributed by atoms with Crippen LogP contribution in [0.5, 0.6) is 0 Å². The first-order valence-corrected chi connectivity index (χ1v) is 7.72. The summed E-state index contributed by atoms with van der Waals surface area (Å²) in [4.78, 5) is 5.00. The van der Waals surface area contributed by atoms with Gasteiger partial charge in [-0.15, -0.1) is 0 Å². The molecule has 0 aromatic heterocycles. The standard InChI is InChI=1S/C17H29N3/c1-14-8-5-6-9-15(14)12-16(18-2)17-13-19(3)10-7-11-20(17)4/h5-6,8-9,16-18H,7,10-13H2,1-4H3. The van der Waals surface area contributed by atoms with E-state index in [0.29, 0.717) is 12.1 Å². The van der Waals surface area contributed by atoms with Gasteiger partial charge in [-0.05, 0) is 65.1 Å². The van der Waals surface area contributed by atoms with E-state index in [0.717, 1.165) is 13.0 Å². The quantitative estimate of drug-likeness (QED) is 0.903. The fourth-order valence-electron chi connectivity index (χ4n) is 3.25. The molecule has 112 valence electrons. The lowest BCUT2D eigenvalue weighted by molar-refractivity contribution is 0.181. The smallest absolute Gasteiger partial charge is 0.0376 e. The normalized spacial score (nSPS) is 23.5. The molecule has 1 aliphatic heterocycles. The molecule has 0 saturated carbocycles. The topological polar surface area (TPSA) is 18.5 Å². The van der Waals surface area contributed by atoms with Crippen LogP contribution in [0.4, 0.5) is 0 Å². The van der Waals surface area contributed by atoms with Gasteiger partial charge in [0, 0.05) is 18.6 Å². The van der Waals surface area contributed by atoms with Crippen molar-refractivity contribution in [3.63, 3.8) is 0 Å². The van der Waals surface area contributed by atoms with E-state index in [1.807, 2.05) is 0 Å². The number of benzene rings is 1. The predicted molar refractivity (Wildman–Crippen MR) is 86.3 cm³/mol. The first-order valence-electron chi connectivity index (χ1n) is 7.72. The minimum Gasteiger partial charge on any atom is -0.315 e. The molecule has 0 spiro atoms. The zero-order valence-electron chi connectivity index (χ0n) is 13.4. The molecule has 3 nitrogen and oxygen atoms in total. The van der Waals surface area contributed by atoms with Gasteiger partial charge in [-0.25, -0.2) is 0 Å². The molecule has 1 aromatic carbocycles. The molecule has 0 amide bonds. The Kier molecular flexibility index (Phi) is 5.58. The van der Waals surface area contributed by atoms with Crippen molar-refractivity contribution in [1.29, 1.82) is 0 Å². The molecule has 1 saturated heterocycles. The van der Waals surface area contributed by atoms with Crippen molar-refractivity contribution in [2.24, 2.45) is 0 Å². The monoisotopic (exact) mass is 275 g/mol. The summed E-state index contributed by atoms with van der Waals surface area (Å²) in [6.07, 6.45) is 2.37. The van der Waals surface area contributed by atoms with E-state index in [2.05, 4.69) is 67.4 Å². The number of aryl methyl sites for hydroxylation is 1. The minimum atomic E-state index is 0.502. The third-order valence-corrected chi connectivity index (χ3v) is 4.65. The van der Waals surface area contributed by atoms with Crippen LogP contribution in [0.2, 0.25) is 0 Å². The second kappa shape index (κ2) is 7.21. The van der Waals surface area contributed by atoms with Gasteiger partial charge < -0.3 is 15.1 Å². The van der Waals surface area contributed by atoms with Crippen molar-refractivity contribution in [3.8, 4) is 0 Å². The molecule has 0 aliphatic carbocycles. The fourth-order valence-corrected chi connectivity index (χ4v) is 3.25. The van der Waals surface area contributed by atoms with Gasteiger partial charge in [0.15, 0.2) is 0 Å². The van der Waals surface area contributed by atoms with Crippen molar-refractivity contribution < 1.29 is 0 Å². The Morgan fingerprint density at radius 2 is 2.00 bits per heavy atom. The highest BCUT2D eigenvalue weighted by atomic mass is 15.2. The lowest BCUT2D eigenvalue weighted by Gasteiger charge is -2.34. The summed E-state index contributed by atoms with van der Waals surface area (Å²) in [5, 5.41) is 3.56. The van der Waals surface area contributed by atoms with E-state index < -0.39 is 0 Å². The Morgan fingerprint density at radius 3 is 2.70 bits per heavy atom. The minimum absolute atomic E-state index is 0.502. The van der Waals surface area contributed by atoms with Crippen molar-refractivity contribution in [2.45, 2.75) is 31.8 Å². The number of nitrogens with zero attached hydrogens (tertiary/aromatic N) is 2. The third kappa shape index (κ3) is 3.81. The van der Waals surface area contributed by atoms with Crippen LogP contribution in [0.1, 0.15) is 17.5 Å². The molecule has 2 rings (SSSR count). The van der Waals surface area contributed by atoms with E-state index in [-0.39, 0.29) is 0 Å². The van der Waals surface area contributed by atoms with Crippen LogP contribution in [0.15, 0.2) is 24.3 Å². The van der Waals surface area contributed by atoms with E-state index in [1.54, 1.807) is 0 Å². The van der Waals surface area contributed by atoms with Crippen LogP contribution in [0, 0.1) is 6.92 Å². The van der Waals surface area contributed by atoms with E-state index in [9.17, 15) is 0 Å². The highest BCUT2D eigenvalue weighted by Crippen LogP contribution is 2.16. The maximum atomic E-state index is 3.56. The molecule has 2 unspecified atom stereocenters. The molecule has 0 bridgehead atoms. The van der Waals surface area contributed by atoms with Crippen LogP contribution in [0.3, 0.4) is 0 Å². The maximum Gasteiger partial charge on any atom is 0.0376 e. The lowest BCUT2D eigenvalue weighted by Crippen LogP contribution is -2.52. The van der Waals surface area contributed by atoms with Gasteiger partial charge in [-0.3, -0.25) is 0 Å². The lowest BCUT2D eigenvalue weighted by atomic mass is 9.95. The van der Waals surface area contributed by atoms with Crippen LogP contribution in [0.25, 0.3) is 0 Å². The molecule has 1 aliphatic rings. The zero-order valence-corrected chi connectivity index (χ0v) is 13.4. The summed E-state index contributed by atoms with van der Waals surface area (Å²) < 4.78 is 0. The zero-order chi connectivity index (χ0) is 14.5. The van der Waals surface area contributed by atoms with Crippen LogP contribution in [-0.4, -0.2) is 62.7 Å². The SMILES string of the molecule is CNC(Cc1ccccc1C)C1CN(C)CCCN1C. The van der Waals surface area contributed by atoms with Gasteiger partial charge in [-0.2, -0.15) is 0 Å². The number of likely N-dealkylation sites (N-methyl/N-ethyl adjacent to an activating group) is 3.